The maximum absolute atomic E-state index is 12.5. The Morgan fingerprint density at radius 1 is 1.00 bits per heavy atom. The molecule has 4 N–H and O–H groups in total. The highest BCUT2D eigenvalue weighted by Crippen LogP contribution is 2.44. The number of carboxylic acid groups (broad SMARTS) is 1. The zero-order valence-corrected chi connectivity index (χ0v) is 18.1. The SMILES string of the molecule is CC(C)C(CC(=O)NC[C@H](O)C(=O)O)NC(=O)OCC1c2ccccc2-c2ccccc21. The third-order valence-corrected chi connectivity index (χ3v) is 5.63. The number of hydrogen-bond donors (Lipinski definition) is 4. The van der Waals surface area contributed by atoms with Gasteiger partial charge in [0.05, 0.1) is 6.54 Å². The lowest BCUT2D eigenvalue weighted by atomic mass is 9.98. The number of carbonyl (C=O) groups excluding carboxylic acids is 2. The largest absolute Gasteiger partial charge is 0.479 e. The lowest BCUT2D eigenvalue weighted by molar-refractivity contribution is -0.146. The van der Waals surface area contributed by atoms with Crippen LogP contribution in [0.25, 0.3) is 11.1 Å². The highest BCUT2D eigenvalue weighted by atomic mass is 16.5. The first-order chi connectivity index (χ1) is 15.3. The van der Waals surface area contributed by atoms with Crippen LogP contribution < -0.4 is 10.6 Å². The Labute approximate surface area is 186 Å². The van der Waals surface area contributed by atoms with Gasteiger partial charge in [0.1, 0.15) is 6.61 Å². The van der Waals surface area contributed by atoms with Gasteiger partial charge in [-0.15, -0.1) is 0 Å². The number of hydrogen-bond acceptors (Lipinski definition) is 5. The van der Waals surface area contributed by atoms with Gasteiger partial charge < -0.3 is 25.6 Å². The molecule has 2 amide bonds. The number of ether oxygens (including phenoxy) is 1. The average molecular weight is 440 g/mol. The number of aliphatic hydroxyl groups excluding tert-OH is 1. The summed E-state index contributed by atoms with van der Waals surface area (Å²) in [6, 6.07) is 15.6. The molecule has 0 fully saturated rings. The number of benzene rings is 2. The van der Waals surface area contributed by atoms with Gasteiger partial charge in [0.15, 0.2) is 6.10 Å². The number of fused-ring (bicyclic) bond motifs is 3. The van der Waals surface area contributed by atoms with Gasteiger partial charge in [-0.25, -0.2) is 9.59 Å². The van der Waals surface area contributed by atoms with Crippen molar-refractivity contribution in [2.24, 2.45) is 5.92 Å². The molecule has 0 bridgehead atoms. The molecule has 1 unspecified atom stereocenters. The fraction of sp³-hybridized carbons (Fsp3) is 0.375. The molecular formula is C24H28N2O6. The summed E-state index contributed by atoms with van der Waals surface area (Å²) in [5.41, 5.74) is 4.49. The third-order valence-electron chi connectivity index (χ3n) is 5.63. The molecule has 2 aromatic carbocycles. The second-order valence-electron chi connectivity index (χ2n) is 8.18. The van der Waals surface area contributed by atoms with Crippen LogP contribution >= 0.6 is 0 Å². The first-order valence-corrected chi connectivity index (χ1v) is 10.6. The van der Waals surface area contributed by atoms with Crippen LogP contribution in [0, 0.1) is 5.92 Å². The quantitative estimate of drug-likeness (QED) is 0.475. The standard InChI is InChI=1S/C24H28N2O6/c1-14(2)20(11-22(28)25-12-21(27)23(29)30)26-24(31)32-13-19-17-9-5-3-7-15(17)16-8-4-6-10-18(16)19/h3-10,14,19-21,27H,11-13H2,1-2H3,(H,25,28)(H,26,31)(H,29,30)/t20?,21-/m0/s1. The van der Waals surface area contributed by atoms with Gasteiger partial charge in [-0.1, -0.05) is 62.4 Å². The van der Waals surface area contributed by atoms with Gasteiger partial charge in [0, 0.05) is 18.4 Å². The van der Waals surface area contributed by atoms with E-state index in [0.29, 0.717) is 0 Å². The van der Waals surface area contributed by atoms with E-state index in [2.05, 4.69) is 22.8 Å². The summed E-state index contributed by atoms with van der Waals surface area (Å²) in [5.74, 6) is -2.01. The molecule has 32 heavy (non-hydrogen) atoms. The highest BCUT2D eigenvalue weighted by Gasteiger charge is 2.29. The fourth-order valence-electron chi connectivity index (χ4n) is 3.81. The molecule has 0 saturated heterocycles. The molecule has 8 nitrogen and oxygen atoms in total. The minimum absolute atomic E-state index is 0.0613. The predicted molar refractivity (Wildman–Crippen MR) is 118 cm³/mol. The van der Waals surface area contributed by atoms with E-state index in [-0.39, 0.29) is 24.9 Å². The third kappa shape index (κ3) is 5.45. The number of carbonyl (C=O) groups is 3. The van der Waals surface area contributed by atoms with Crippen LogP contribution in [0.15, 0.2) is 48.5 Å². The summed E-state index contributed by atoms with van der Waals surface area (Å²) in [5, 5.41) is 23.0. The molecule has 3 rings (SSSR count). The Hall–Kier alpha value is -3.39. The van der Waals surface area contributed by atoms with E-state index in [9.17, 15) is 19.5 Å². The van der Waals surface area contributed by atoms with Gasteiger partial charge in [0.2, 0.25) is 5.91 Å². The van der Waals surface area contributed by atoms with Gasteiger partial charge in [-0.05, 0) is 28.2 Å². The summed E-state index contributed by atoms with van der Waals surface area (Å²) in [4.78, 5) is 35.2. The van der Waals surface area contributed by atoms with Crippen LogP contribution in [0.5, 0.6) is 0 Å². The monoisotopic (exact) mass is 440 g/mol. The van der Waals surface area contributed by atoms with E-state index in [1.807, 2.05) is 50.2 Å². The molecule has 0 aromatic heterocycles. The average Bonchev–Trinajstić information content (AvgIpc) is 3.09. The van der Waals surface area contributed by atoms with E-state index in [1.165, 1.54) is 0 Å². The second kappa shape index (κ2) is 10.3. The highest BCUT2D eigenvalue weighted by molar-refractivity contribution is 5.80. The maximum atomic E-state index is 12.5. The van der Waals surface area contributed by atoms with Crippen molar-refractivity contribution in [3.05, 3.63) is 59.7 Å². The number of aliphatic carboxylic acids is 1. The number of rotatable bonds is 9. The second-order valence-corrected chi connectivity index (χ2v) is 8.18. The number of amides is 2. The number of alkyl carbamates (subject to hydrolysis) is 1. The first kappa shape index (κ1) is 23.3. The van der Waals surface area contributed by atoms with E-state index >= 15 is 0 Å². The van der Waals surface area contributed by atoms with Crippen LogP contribution in [0.2, 0.25) is 0 Å². The Balaban J connectivity index is 1.57. The molecule has 0 radical (unpaired) electrons. The molecule has 0 aliphatic heterocycles. The van der Waals surface area contributed by atoms with Gasteiger partial charge in [-0.3, -0.25) is 4.79 Å². The van der Waals surface area contributed by atoms with Crippen LogP contribution in [0.3, 0.4) is 0 Å². The van der Waals surface area contributed by atoms with Gasteiger partial charge >= 0.3 is 12.1 Å². The molecule has 170 valence electrons. The topological polar surface area (TPSA) is 125 Å². The van der Waals surface area contributed by atoms with Crippen molar-refractivity contribution in [2.75, 3.05) is 13.2 Å². The van der Waals surface area contributed by atoms with Crippen LogP contribution in [-0.2, 0) is 14.3 Å². The molecule has 2 atom stereocenters. The Kier molecular flexibility index (Phi) is 7.48. The number of carboxylic acids is 1. The molecule has 8 heteroatoms. The molecule has 0 spiro atoms. The van der Waals surface area contributed by atoms with E-state index in [4.69, 9.17) is 9.84 Å². The first-order valence-electron chi connectivity index (χ1n) is 10.6. The summed E-state index contributed by atoms with van der Waals surface area (Å²) in [6.07, 6.45) is -2.36. The fourth-order valence-corrected chi connectivity index (χ4v) is 3.81. The van der Waals surface area contributed by atoms with Crippen LogP contribution in [-0.4, -0.2) is 53.5 Å². The van der Waals surface area contributed by atoms with Crippen molar-refractivity contribution in [1.82, 2.24) is 10.6 Å². The van der Waals surface area contributed by atoms with Gasteiger partial charge in [-0.2, -0.15) is 0 Å². The molecule has 1 aliphatic carbocycles. The van der Waals surface area contributed by atoms with Crippen molar-refractivity contribution in [2.45, 2.75) is 38.3 Å². The Morgan fingerprint density at radius 2 is 1.56 bits per heavy atom. The van der Waals surface area contributed by atoms with Crippen molar-refractivity contribution >= 4 is 18.0 Å². The summed E-state index contributed by atoms with van der Waals surface area (Å²) < 4.78 is 5.53. The lowest BCUT2D eigenvalue weighted by Gasteiger charge is -2.22. The van der Waals surface area contributed by atoms with Crippen molar-refractivity contribution in [3.8, 4) is 11.1 Å². The molecule has 1 aliphatic rings. The minimum Gasteiger partial charge on any atom is -0.479 e. The van der Waals surface area contributed by atoms with Gasteiger partial charge in [0.25, 0.3) is 0 Å². The van der Waals surface area contributed by atoms with Crippen LogP contribution in [0.1, 0.15) is 37.3 Å². The Morgan fingerprint density at radius 3 is 2.09 bits per heavy atom. The summed E-state index contributed by atoms with van der Waals surface area (Å²) in [6.45, 7) is 3.48. The lowest BCUT2D eigenvalue weighted by Crippen LogP contribution is -2.44. The summed E-state index contributed by atoms with van der Waals surface area (Å²) in [7, 11) is 0. The van der Waals surface area contributed by atoms with E-state index in [1.54, 1.807) is 0 Å². The van der Waals surface area contributed by atoms with Crippen LogP contribution in [0.4, 0.5) is 4.79 Å². The van der Waals surface area contributed by atoms with E-state index in [0.717, 1.165) is 22.3 Å². The zero-order valence-electron chi connectivity index (χ0n) is 18.1. The number of nitrogens with one attached hydrogen (secondary N) is 2. The molecular weight excluding hydrogens is 412 g/mol. The predicted octanol–water partition coefficient (Wildman–Crippen LogP) is 2.50. The summed E-state index contributed by atoms with van der Waals surface area (Å²) >= 11 is 0. The molecule has 2 aromatic rings. The van der Waals surface area contributed by atoms with Crippen molar-refractivity contribution in [3.63, 3.8) is 0 Å². The normalized spacial score (nSPS) is 14.2. The molecule has 0 saturated carbocycles. The minimum atomic E-state index is -1.67. The maximum Gasteiger partial charge on any atom is 0.407 e. The zero-order chi connectivity index (χ0) is 23.3. The number of aliphatic hydroxyl groups is 1. The molecule has 0 heterocycles. The Bertz CT molecular complexity index is 944. The van der Waals surface area contributed by atoms with E-state index < -0.39 is 36.7 Å². The van der Waals surface area contributed by atoms with Crippen molar-refractivity contribution < 1.29 is 29.3 Å². The smallest absolute Gasteiger partial charge is 0.407 e. The van der Waals surface area contributed by atoms with Crippen molar-refractivity contribution in [1.29, 1.82) is 0 Å².